The van der Waals surface area contributed by atoms with Crippen molar-refractivity contribution in [2.75, 3.05) is 14.2 Å². The first-order valence-electron chi connectivity index (χ1n) is 11.9. The van der Waals surface area contributed by atoms with Gasteiger partial charge in [-0.15, -0.1) is 0 Å². The maximum absolute atomic E-state index is 13.5. The first kappa shape index (κ1) is 27.9. The zero-order chi connectivity index (χ0) is 27.7. The lowest BCUT2D eigenvalue weighted by Crippen LogP contribution is -2.50. The Balaban J connectivity index is 1.79. The average molecular weight is 519 g/mol. The van der Waals surface area contributed by atoms with Crippen molar-refractivity contribution in [2.24, 2.45) is 11.0 Å². The van der Waals surface area contributed by atoms with Gasteiger partial charge < -0.3 is 14.8 Å². The number of ether oxygens (including phenoxy) is 2. The first-order chi connectivity index (χ1) is 18.3. The lowest BCUT2D eigenvalue weighted by molar-refractivity contribution is -0.385. The van der Waals surface area contributed by atoms with Crippen LogP contribution in [0.2, 0.25) is 0 Å². The molecule has 3 aromatic carbocycles. The van der Waals surface area contributed by atoms with E-state index in [0.29, 0.717) is 5.56 Å². The summed E-state index contributed by atoms with van der Waals surface area (Å²) in [6.07, 6.45) is 1.25. The number of carbonyl (C=O) groups is 2. The summed E-state index contributed by atoms with van der Waals surface area (Å²) in [7, 11) is 2.66. The quantitative estimate of drug-likeness (QED) is 0.224. The van der Waals surface area contributed by atoms with Crippen molar-refractivity contribution in [2.45, 2.75) is 25.8 Å². The molecule has 198 valence electrons. The van der Waals surface area contributed by atoms with Crippen LogP contribution in [0.3, 0.4) is 0 Å². The van der Waals surface area contributed by atoms with Crippen LogP contribution >= 0.6 is 0 Å². The molecule has 10 heteroatoms. The minimum absolute atomic E-state index is 0.0207. The van der Waals surface area contributed by atoms with Gasteiger partial charge >= 0.3 is 5.69 Å². The van der Waals surface area contributed by atoms with Gasteiger partial charge in [0.2, 0.25) is 11.7 Å². The number of benzene rings is 3. The van der Waals surface area contributed by atoms with Crippen LogP contribution in [-0.4, -0.2) is 43.2 Å². The second kappa shape index (κ2) is 13.0. The molecular weight excluding hydrogens is 488 g/mol. The van der Waals surface area contributed by atoms with E-state index in [4.69, 9.17) is 9.47 Å². The van der Waals surface area contributed by atoms with Gasteiger partial charge in [0.1, 0.15) is 6.04 Å². The van der Waals surface area contributed by atoms with Crippen molar-refractivity contribution < 1.29 is 24.0 Å². The molecule has 0 bridgehead atoms. The van der Waals surface area contributed by atoms with Crippen molar-refractivity contribution in [3.8, 4) is 11.5 Å². The van der Waals surface area contributed by atoms with Gasteiger partial charge in [0.25, 0.3) is 5.91 Å². The van der Waals surface area contributed by atoms with Crippen LogP contribution in [-0.2, 0) is 9.59 Å². The Bertz CT molecular complexity index is 1260. The summed E-state index contributed by atoms with van der Waals surface area (Å²) in [4.78, 5) is 37.3. The van der Waals surface area contributed by atoms with Gasteiger partial charge in [-0.2, -0.15) is 5.10 Å². The van der Waals surface area contributed by atoms with E-state index in [1.54, 1.807) is 0 Å². The molecule has 0 aliphatic heterocycles. The Morgan fingerprint density at radius 2 is 1.50 bits per heavy atom. The second-order valence-corrected chi connectivity index (χ2v) is 8.75. The Labute approximate surface area is 220 Å². The predicted molar refractivity (Wildman–Crippen MR) is 143 cm³/mol. The Morgan fingerprint density at radius 1 is 0.921 bits per heavy atom. The summed E-state index contributed by atoms with van der Waals surface area (Å²) in [6, 6.07) is 20.5. The molecule has 0 aliphatic rings. The zero-order valence-electron chi connectivity index (χ0n) is 21.6. The topological polar surface area (TPSA) is 132 Å². The summed E-state index contributed by atoms with van der Waals surface area (Å²) in [6.45, 7) is 3.62. The predicted octanol–water partition coefficient (Wildman–Crippen LogP) is 4.04. The monoisotopic (exact) mass is 518 g/mol. The highest BCUT2D eigenvalue weighted by atomic mass is 16.6. The maximum Gasteiger partial charge on any atom is 0.315 e. The molecule has 2 amide bonds. The van der Waals surface area contributed by atoms with Crippen LogP contribution in [0.25, 0.3) is 0 Å². The van der Waals surface area contributed by atoms with Gasteiger partial charge in [-0.05, 0) is 23.1 Å². The fraction of sp³-hybridized carbons (Fsp3) is 0.250. The lowest BCUT2D eigenvalue weighted by Gasteiger charge is -2.24. The number of amides is 2. The molecule has 38 heavy (non-hydrogen) atoms. The molecule has 0 aliphatic carbocycles. The zero-order valence-corrected chi connectivity index (χ0v) is 21.6. The smallest absolute Gasteiger partial charge is 0.315 e. The number of hydrazone groups is 1. The van der Waals surface area contributed by atoms with Gasteiger partial charge in [-0.1, -0.05) is 74.5 Å². The lowest BCUT2D eigenvalue weighted by atomic mass is 9.89. The number of carbonyl (C=O) groups excluding carboxylic acids is 2. The largest absolute Gasteiger partial charge is 0.493 e. The van der Waals surface area contributed by atoms with Crippen molar-refractivity contribution in [3.05, 3.63) is 99.6 Å². The fourth-order valence-corrected chi connectivity index (χ4v) is 3.97. The van der Waals surface area contributed by atoms with Crippen LogP contribution in [0.5, 0.6) is 11.5 Å². The van der Waals surface area contributed by atoms with Crippen molar-refractivity contribution >= 4 is 23.7 Å². The number of nitrogens with zero attached hydrogens (tertiary/aromatic N) is 2. The number of hydrogen-bond donors (Lipinski definition) is 2. The SMILES string of the molecule is COc1cc(/C=N\NC(=O)[C@@H](NC(=O)C(c2ccccc2)c2ccccc2)C(C)C)cc([N+](=O)[O-])c1OC. The molecule has 0 radical (unpaired) electrons. The molecule has 0 saturated carbocycles. The Morgan fingerprint density at radius 3 is 1.97 bits per heavy atom. The third-order valence-electron chi connectivity index (χ3n) is 5.84. The first-order valence-corrected chi connectivity index (χ1v) is 11.9. The molecule has 1 atom stereocenters. The molecule has 0 fully saturated rings. The van der Waals surface area contributed by atoms with E-state index in [9.17, 15) is 19.7 Å². The van der Waals surface area contributed by atoms with Gasteiger partial charge in [-0.3, -0.25) is 19.7 Å². The minimum atomic E-state index is -0.880. The van der Waals surface area contributed by atoms with E-state index < -0.39 is 22.8 Å². The Kier molecular flexibility index (Phi) is 9.53. The van der Waals surface area contributed by atoms with Crippen LogP contribution in [0, 0.1) is 16.0 Å². The van der Waals surface area contributed by atoms with Gasteiger partial charge in [-0.25, -0.2) is 5.43 Å². The van der Waals surface area contributed by atoms with Crippen LogP contribution in [0.1, 0.15) is 36.5 Å². The summed E-state index contributed by atoms with van der Waals surface area (Å²) in [5, 5.41) is 18.2. The van der Waals surface area contributed by atoms with Crippen molar-refractivity contribution in [1.29, 1.82) is 0 Å². The van der Waals surface area contributed by atoms with E-state index in [1.807, 2.05) is 74.5 Å². The summed E-state index contributed by atoms with van der Waals surface area (Å²) in [5.74, 6) is -1.58. The highest BCUT2D eigenvalue weighted by Gasteiger charge is 2.29. The van der Waals surface area contributed by atoms with Crippen LogP contribution < -0.4 is 20.2 Å². The number of nitro groups is 1. The Hall–Kier alpha value is -4.73. The molecule has 10 nitrogen and oxygen atoms in total. The van der Waals surface area contributed by atoms with Crippen LogP contribution in [0.15, 0.2) is 77.9 Å². The summed E-state index contributed by atoms with van der Waals surface area (Å²) in [5.41, 5.74) is 4.03. The minimum Gasteiger partial charge on any atom is -0.493 e. The average Bonchev–Trinajstić information content (AvgIpc) is 2.92. The van der Waals surface area contributed by atoms with Crippen molar-refractivity contribution in [3.63, 3.8) is 0 Å². The molecule has 0 spiro atoms. The van der Waals surface area contributed by atoms with E-state index in [1.165, 1.54) is 32.6 Å². The van der Waals surface area contributed by atoms with Crippen molar-refractivity contribution in [1.82, 2.24) is 10.7 Å². The van der Waals surface area contributed by atoms with E-state index >= 15 is 0 Å². The van der Waals surface area contributed by atoms with Gasteiger partial charge in [0, 0.05) is 11.6 Å². The van der Waals surface area contributed by atoms with E-state index in [2.05, 4.69) is 15.8 Å². The summed E-state index contributed by atoms with van der Waals surface area (Å²) >= 11 is 0. The normalized spacial score (nSPS) is 11.8. The van der Waals surface area contributed by atoms with Gasteiger partial charge in [0.05, 0.1) is 31.3 Å². The number of hydrogen-bond acceptors (Lipinski definition) is 7. The highest BCUT2D eigenvalue weighted by Crippen LogP contribution is 2.37. The molecule has 0 unspecified atom stereocenters. The molecule has 0 heterocycles. The third kappa shape index (κ3) is 6.73. The molecule has 0 saturated heterocycles. The fourth-order valence-electron chi connectivity index (χ4n) is 3.97. The molecular formula is C28H30N4O6. The summed E-state index contributed by atoms with van der Waals surface area (Å²) < 4.78 is 10.3. The number of nitro benzene ring substituents is 1. The second-order valence-electron chi connectivity index (χ2n) is 8.75. The van der Waals surface area contributed by atoms with E-state index in [0.717, 1.165) is 11.1 Å². The van der Waals surface area contributed by atoms with E-state index in [-0.39, 0.29) is 29.0 Å². The number of methoxy groups -OCH3 is 2. The molecule has 3 rings (SSSR count). The third-order valence-corrected chi connectivity index (χ3v) is 5.84. The number of nitrogens with one attached hydrogen (secondary N) is 2. The number of rotatable bonds is 11. The van der Waals surface area contributed by atoms with Crippen LogP contribution in [0.4, 0.5) is 5.69 Å². The van der Waals surface area contributed by atoms with Gasteiger partial charge in [0.15, 0.2) is 5.75 Å². The maximum atomic E-state index is 13.5. The molecule has 3 aromatic rings. The molecule has 0 aromatic heterocycles. The highest BCUT2D eigenvalue weighted by molar-refractivity contribution is 5.93. The standard InChI is InChI=1S/C28H30N4O6/c1-18(2)25(30-27(33)24(20-11-7-5-8-12-20)21-13-9-6-10-14-21)28(34)31-29-17-19-15-22(32(35)36)26(38-4)23(16-19)37-3/h5-18,24-25H,1-4H3,(H,30,33)(H,31,34)/b29-17-/t25-/m0/s1. The molecule has 2 N–H and O–H groups in total.